The van der Waals surface area contributed by atoms with Crippen molar-refractivity contribution in [1.29, 1.82) is 5.11 Å². The molecule has 2 fully saturated rings. The minimum atomic E-state index is -3.22. The molecule has 13 heteroatoms. The van der Waals surface area contributed by atoms with Crippen molar-refractivity contribution in [3.63, 3.8) is 0 Å². The van der Waals surface area contributed by atoms with E-state index in [1.165, 1.54) is 229 Å². The number of rotatable bonds is 18. The van der Waals surface area contributed by atoms with E-state index in [2.05, 4.69) is 182 Å². The lowest BCUT2D eigenvalue weighted by Crippen LogP contribution is -2.05. The van der Waals surface area contributed by atoms with Crippen LogP contribution in [0, 0.1) is 83.1 Å². The highest BCUT2D eigenvalue weighted by Crippen LogP contribution is 2.43. The van der Waals surface area contributed by atoms with E-state index in [0.717, 1.165) is 11.8 Å². The molecule has 0 bridgehead atoms. The van der Waals surface area contributed by atoms with Gasteiger partial charge in [0.1, 0.15) is 2.56 Å². The molecule has 3 atom stereocenters. The van der Waals surface area contributed by atoms with E-state index in [0.29, 0.717) is 9.18 Å². The van der Waals surface area contributed by atoms with Gasteiger partial charge in [0.15, 0.2) is 8.15 Å². The molecule has 0 radical (unpaired) electrons. The Morgan fingerprint density at radius 1 is 0.506 bits per heavy atom. The van der Waals surface area contributed by atoms with E-state index in [1.54, 1.807) is 35.4 Å². The Balaban J connectivity index is 0.000000390. The third-order valence-corrected chi connectivity index (χ3v) is 23.0. The molecule has 8 aromatic rings. The number of benzene rings is 2. The van der Waals surface area contributed by atoms with Crippen LogP contribution in [0.2, 0.25) is 0 Å². The first-order valence-corrected chi connectivity index (χ1v) is 43.0. The lowest BCUT2D eigenvalue weighted by atomic mass is 9.82. The van der Waals surface area contributed by atoms with Crippen LogP contribution in [0.15, 0.2) is 84.9 Å². The van der Waals surface area contributed by atoms with Crippen molar-refractivity contribution in [1.82, 2.24) is 0 Å². The molecule has 0 saturated heterocycles. The maximum Gasteiger partial charge on any atom is 0.174 e. The van der Waals surface area contributed by atoms with Gasteiger partial charge in [-0.05, 0) is 242 Å². The van der Waals surface area contributed by atoms with E-state index >= 15 is 0 Å². The average molecular weight is 1420 g/mol. The average Bonchev–Trinajstić information content (AvgIpc) is 1.73. The summed E-state index contributed by atoms with van der Waals surface area (Å²) in [5.74, 6) is 1.77. The van der Waals surface area contributed by atoms with Crippen molar-refractivity contribution in [2.24, 2.45) is 0 Å². The summed E-state index contributed by atoms with van der Waals surface area (Å²) in [6.45, 7) is 33.0. The normalized spacial score (nSPS) is 13.8. The summed E-state index contributed by atoms with van der Waals surface area (Å²) in [5, 5.41) is 0. The minimum absolute atomic E-state index is 0. The van der Waals surface area contributed by atoms with E-state index in [4.69, 9.17) is 9.68 Å². The molecule has 89 heavy (non-hydrogen) atoms. The van der Waals surface area contributed by atoms with Gasteiger partial charge in [0.25, 0.3) is 0 Å². The van der Waals surface area contributed by atoms with Gasteiger partial charge in [-0.1, -0.05) is 175 Å². The summed E-state index contributed by atoms with van der Waals surface area (Å²) >= 11 is 11.5. The summed E-state index contributed by atoms with van der Waals surface area (Å²) < 4.78 is 43.2. The van der Waals surface area contributed by atoms with Crippen molar-refractivity contribution in [3.8, 4) is 32.0 Å². The number of unbranched alkanes of at least 4 members (excludes halogenated alkanes) is 8. The fourth-order valence-corrected chi connectivity index (χ4v) is 18.1. The zero-order chi connectivity index (χ0) is 68.2. The van der Waals surface area contributed by atoms with E-state index in [9.17, 15) is 4.57 Å². The number of aryl methyl sites for hydroxylation is 13. The predicted molar refractivity (Wildman–Crippen MR) is 429 cm³/mol. The first-order chi connectivity index (χ1) is 43.9. The molecule has 6 heterocycles. The van der Waals surface area contributed by atoms with E-state index in [1.807, 2.05) is 74.7 Å². The summed E-state index contributed by atoms with van der Waals surface area (Å²) in [7, 11) is -1.53. The van der Waals surface area contributed by atoms with Gasteiger partial charge in [-0.2, -0.15) is 0 Å². The van der Waals surface area contributed by atoms with Crippen LogP contribution in [-0.2, 0) is 22.0 Å². The Hall–Kier alpha value is -1.74. The van der Waals surface area contributed by atoms with Gasteiger partial charge in [-0.3, -0.25) is 4.57 Å². The molecule has 0 amide bonds. The highest BCUT2D eigenvalue weighted by molar-refractivity contribution is 7.96. The molecule has 2 aromatic carbocycles. The molecule has 2 nitrogen and oxygen atoms in total. The first-order valence-electron chi connectivity index (χ1n) is 34.4. The molecule has 494 valence electrons. The maximum atomic E-state index is 9.51. The molecule has 0 N–H and O–H groups in total. The van der Waals surface area contributed by atoms with Crippen LogP contribution in [0.25, 0.3) is 32.0 Å². The SMILES string of the molecule is C.CCCCCCCc1ccc(-c2cc(C)sc2-c2ccc(C)s2)cc1.CCCCCCCc1ccc(-c2cc(C)sc2C)cc1.Cc1cc(C)c(C)s1.Cc1cc(C2CCCCC2)c(C)s1.Cc1sc(C)c(C2CCCCC2)c1C.[3H]P([3H])(=O)P.[3H]PC.[3H]PP=O. The van der Waals surface area contributed by atoms with Gasteiger partial charge in [0.2, 0.25) is 0 Å². The molecule has 3 unspecified atom stereocenters. The van der Waals surface area contributed by atoms with Crippen molar-refractivity contribution >= 4 is 111 Å². The number of hydrogen-bond donors (Lipinski definition) is 0. The highest BCUT2D eigenvalue weighted by Gasteiger charge is 2.22. The Bertz CT molecular complexity index is 3290. The third kappa shape index (κ3) is 30.7. The molecule has 6 aromatic heterocycles. The van der Waals surface area contributed by atoms with Crippen molar-refractivity contribution in [2.45, 2.75) is 257 Å². The second-order valence-electron chi connectivity index (χ2n) is 23.6. The van der Waals surface area contributed by atoms with Crippen molar-refractivity contribution < 1.29 is 9.13 Å². The Labute approximate surface area is 583 Å². The second-order valence-corrected chi connectivity index (χ2v) is 33.6. The summed E-state index contributed by atoms with van der Waals surface area (Å²) in [4.78, 5) is 17.4. The largest absolute Gasteiger partial charge is 0.326 e. The molecule has 2 aliphatic carbocycles. The van der Waals surface area contributed by atoms with Crippen LogP contribution in [0.3, 0.4) is 0 Å². The van der Waals surface area contributed by atoms with Gasteiger partial charge in [-0.25, -0.2) is 0 Å². The number of thiophene rings is 6. The van der Waals surface area contributed by atoms with Crippen molar-refractivity contribution in [2.75, 3.05) is 6.66 Å². The maximum absolute atomic E-state index is 9.51. The van der Waals surface area contributed by atoms with Gasteiger partial charge in [-0.15, -0.1) is 77.2 Å². The van der Waals surface area contributed by atoms with Gasteiger partial charge in [0, 0.05) is 59.2 Å². The van der Waals surface area contributed by atoms with Gasteiger partial charge >= 0.3 is 0 Å². The van der Waals surface area contributed by atoms with Crippen LogP contribution in [0.5, 0.6) is 0 Å². The van der Waals surface area contributed by atoms with Crippen LogP contribution < -0.4 is 0 Å². The monoisotopic (exact) mass is 1420 g/mol. The Kier molecular flexibility index (Phi) is 41.2. The van der Waals surface area contributed by atoms with Crippen molar-refractivity contribution in [3.05, 3.63) is 167 Å². The molecule has 0 aliphatic heterocycles. The molecule has 2 saturated carbocycles. The second kappa shape index (κ2) is 48.0. The first kappa shape index (κ1) is 76.3. The van der Waals surface area contributed by atoms with Gasteiger partial charge < -0.3 is 4.57 Å². The fourth-order valence-electron chi connectivity index (χ4n) is 12.0. The van der Waals surface area contributed by atoms with Crippen LogP contribution >= 0.6 is 111 Å². The van der Waals surface area contributed by atoms with Crippen LogP contribution in [0.1, 0.15) is 244 Å². The lowest BCUT2D eigenvalue weighted by molar-refractivity contribution is 0.442. The highest BCUT2D eigenvalue weighted by atomic mass is 32.1. The lowest BCUT2D eigenvalue weighted by Gasteiger charge is -2.22. The zero-order valence-electron chi connectivity index (χ0n) is 60.5. The Morgan fingerprint density at radius 2 is 0.944 bits per heavy atom. The molecule has 2 aliphatic rings. The molecular formula is C76H117O2P5S6. The predicted octanol–water partition coefficient (Wildman–Crippen LogP) is 29.4. The smallest absolute Gasteiger partial charge is 0.174 e. The molecular weight excluding hydrogens is 1290 g/mol. The fraction of sp³-hybridized carbons (Fsp3) is 0.526. The van der Waals surface area contributed by atoms with Gasteiger partial charge in [0.05, 0.1) is 15.5 Å². The quantitative estimate of drug-likeness (QED) is 0.0634. The Morgan fingerprint density at radius 3 is 1.33 bits per heavy atom. The van der Waals surface area contributed by atoms with Crippen LogP contribution in [0.4, 0.5) is 0 Å². The third-order valence-electron chi connectivity index (χ3n) is 16.6. The van der Waals surface area contributed by atoms with E-state index in [-0.39, 0.29) is 24.4 Å². The standard InChI is InChI=1S/C23H28S2.C19H26S.C13H20S.C12H18S.C7H10S.CH5P.CH4.H4OP2.H2OP2/c1-4-5-6-7-8-9-19-11-13-20(14-12-19)21-16-18(3)25-23(21)22-15-10-17(2)24-22;1-4-5-6-7-8-9-17-10-12-18(13-11-17)19-14-15(2)20-16(19)3;1-9-10(2)14-11(3)13(9)12-7-5-4-6-8-12;1-9-8-12(10(2)13-9)11-6-4-3-5-7-11;1-5-4-6(2)8-7(5)3;1-2;;2*1-3-2/h10-16H,4-9H2,1-3H3;10-14H,4-9H2,1-3H3;12H,4-8H2,1-3H3;8,11H,3-7H2,1-2H3;4H,1-3H3;2H2,1H3;1H4;2-3H2;2H2/i;;;;;2T;;3T2;2T. The zero-order valence-corrected chi connectivity index (χ0v) is 66.4. The summed E-state index contributed by atoms with van der Waals surface area (Å²) in [5.41, 5.74) is 14.8. The molecule has 0 spiro atoms. The summed E-state index contributed by atoms with van der Waals surface area (Å²) in [6, 6.07) is 32.2. The molecule has 10 rings (SSSR count). The van der Waals surface area contributed by atoms with Crippen LogP contribution in [-0.4, -0.2) is 11.8 Å². The summed E-state index contributed by atoms with van der Waals surface area (Å²) in [6.07, 6.45) is 30.4. The van der Waals surface area contributed by atoms with E-state index < -0.39 is 8.04 Å². The number of hydrogen-bond acceptors (Lipinski definition) is 8. The minimum Gasteiger partial charge on any atom is -0.326 e. The topological polar surface area (TPSA) is 34.1 Å².